The second kappa shape index (κ2) is 4.00. The van der Waals surface area contributed by atoms with Gasteiger partial charge in [-0.15, -0.1) is 5.10 Å². The van der Waals surface area contributed by atoms with Gasteiger partial charge in [-0.2, -0.15) is 4.68 Å². The number of aromatic nitrogens is 4. The van der Waals surface area contributed by atoms with E-state index >= 15 is 0 Å². The predicted octanol–water partition coefficient (Wildman–Crippen LogP) is 2.20. The lowest BCUT2D eigenvalue weighted by atomic mass is 9.96. The van der Waals surface area contributed by atoms with E-state index in [1.165, 1.54) is 0 Å². The number of benzene rings is 1. The summed E-state index contributed by atoms with van der Waals surface area (Å²) in [6, 6.07) is 5.24. The third-order valence-corrected chi connectivity index (χ3v) is 2.66. The molecule has 0 radical (unpaired) electrons. The van der Waals surface area contributed by atoms with Crippen LogP contribution >= 0.6 is 11.6 Å². The molecule has 1 aromatic carbocycles. The second-order valence-electron chi connectivity index (χ2n) is 4.88. The number of halogens is 1. The Morgan fingerprint density at radius 1 is 1.29 bits per heavy atom. The molecule has 6 heteroatoms. The van der Waals surface area contributed by atoms with E-state index in [2.05, 4.69) is 15.5 Å². The van der Waals surface area contributed by atoms with E-state index in [-0.39, 0.29) is 5.41 Å². The molecule has 0 spiro atoms. The van der Waals surface area contributed by atoms with Crippen LogP contribution in [0, 0.1) is 0 Å². The highest BCUT2D eigenvalue weighted by Gasteiger charge is 2.23. The predicted molar refractivity (Wildman–Crippen MR) is 67.3 cm³/mol. The molecule has 2 N–H and O–H groups in total. The molecule has 0 aliphatic rings. The van der Waals surface area contributed by atoms with E-state index in [0.717, 1.165) is 5.82 Å². The van der Waals surface area contributed by atoms with Gasteiger partial charge in [0.2, 0.25) is 0 Å². The monoisotopic (exact) mass is 251 g/mol. The average Bonchev–Trinajstić information content (AvgIpc) is 2.69. The van der Waals surface area contributed by atoms with Gasteiger partial charge in [0, 0.05) is 11.1 Å². The minimum Gasteiger partial charge on any atom is -0.399 e. The number of rotatable bonds is 1. The summed E-state index contributed by atoms with van der Waals surface area (Å²) >= 11 is 6.14. The van der Waals surface area contributed by atoms with Crippen LogP contribution in [0.25, 0.3) is 5.69 Å². The molecule has 0 fully saturated rings. The lowest BCUT2D eigenvalue weighted by Crippen LogP contribution is -2.19. The number of hydrogen-bond donors (Lipinski definition) is 1. The summed E-state index contributed by atoms with van der Waals surface area (Å²) in [4.78, 5) is 0. The van der Waals surface area contributed by atoms with Crippen molar-refractivity contribution in [1.82, 2.24) is 20.2 Å². The normalized spacial score (nSPS) is 11.8. The van der Waals surface area contributed by atoms with Gasteiger partial charge in [0.1, 0.15) is 0 Å². The number of nitrogens with two attached hydrogens (primary N) is 1. The fourth-order valence-corrected chi connectivity index (χ4v) is 1.71. The Labute approximate surface area is 105 Å². The summed E-state index contributed by atoms with van der Waals surface area (Å²) in [5.41, 5.74) is 6.90. The largest absolute Gasteiger partial charge is 0.399 e. The van der Waals surface area contributed by atoms with Crippen molar-refractivity contribution in [2.75, 3.05) is 5.73 Å². The van der Waals surface area contributed by atoms with Crippen LogP contribution in [0.4, 0.5) is 5.69 Å². The van der Waals surface area contributed by atoms with Gasteiger partial charge in [0.15, 0.2) is 5.82 Å². The van der Waals surface area contributed by atoms with Crippen LogP contribution in [-0.4, -0.2) is 20.2 Å². The zero-order valence-corrected chi connectivity index (χ0v) is 10.7. The standard InChI is InChI=1S/C11H14ClN5/c1-11(2,3)10-14-15-16-17(10)9-6-7(13)4-5-8(9)12/h4-6H,13H2,1-3H3. The highest BCUT2D eigenvalue weighted by molar-refractivity contribution is 6.32. The maximum Gasteiger partial charge on any atom is 0.162 e. The van der Waals surface area contributed by atoms with E-state index in [1.54, 1.807) is 22.9 Å². The van der Waals surface area contributed by atoms with Crippen molar-refractivity contribution < 1.29 is 0 Å². The number of hydrogen-bond acceptors (Lipinski definition) is 4. The molecule has 2 aromatic rings. The first kappa shape index (κ1) is 11.9. The summed E-state index contributed by atoms with van der Waals surface area (Å²) < 4.78 is 1.62. The lowest BCUT2D eigenvalue weighted by Gasteiger charge is -2.17. The zero-order valence-electron chi connectivity index (χ0n) is 9.98. The quantitative estimate of drug-likeness (QED) is 0.789. The minimum atomic E-state index is -0.169. The molecular formula is C11H14ClN5. The van der Waals surface area contributed by atoms with Crippen molar-refractivity contribution in [3.05, 3.63) is 29.0 Å². The molecule has 0 saturated heterocycles. The van der Waals surface area contributed by atoms with Gasteiger partial charge in [-0.05, 0) is 28.6 Å². The molecule has 1 heterocycles. The first-order chi connectivity index (χ1) is 7.89. The SMILES string of the molecule is CC(C)(C)c1nnnn1-c1cc(N)ccc1Cl. The Morgan fingerprint density at radius 3 is 2.65 bits per heavy atom. The van der Waals surface area contributed by atoms with Crippen molar-refractivity contribution >= 4 is 17.3 Å². The van der Waals surface area contributed by atoms with E-state index in [4.69, 9.17) is 17.3 Å². The topological polar surface area (TPSA) is 69.6 Å². The summed E-state index contributed by atoms with van der Waals surface area (Å²) in [5.74, 6) is 0.741. The van der Waals surface area contributed by atoms with Crippen molar-refractivity contribution in [1.29, 1.82) is 0 Å². The van der Waals surface area contributed by atoms with Gasteiger partial charge in [-0.3, -0.25) is 0 Å². The smallest absolute Gasteiger partial charge is 0.162 e. The first-order valence-corrected chi connectivity index (χ1v) is 5.61. The fourth-order valence-electron chi connectivity index (χ4n) is 1.51. The molecule has 0 unspecified atom stereocenters. The number of anilines is 1. The zero-order chi connectivity index (χ0) is 12.6. The van der Waals surface area contributed by atoms with Crippen molar-refractivity contribution in [2.45, 2.75) is 26.2 Å². The third kappa shape index (κ3) is 2.24. The minimum absolute atomic E-state index is 0.169. The lowest BCUT2D eigenvalue weighted by molar-refractivity contribution is 0.526. The van der Waals surface area contributed by atoms with E-state index < -0.39 is 0 Å². The molecular weight excluding hydrogens is 238 g/mol. The first-order valence-electron chi connectivity index (χ1n) is 5.24. The highest BCUT2D eigenvalue weighted by Crippen LogP contribution is 2.27. The fraction of sp³-hybridized carbons (Fsp3) is 0.364. The Kier molecular flexibility index (Phi) is 2.79. The Balaban J connectivity index is 2.61. The van der Waals surface area contributed by atoms with Crippen molar-refractivity contribution in [3.63, 3.8) is 0 Å². The molecule has 0 aliphatic carbocycles. The molecule has 5 nitrogen and oxygen atoms in total. The van der Waals surface area contributed by atoms with Crippen LogP contribution in [0.3, 0.4) is 0 Å². The molecule has 0 atom stereocenters. The molecule has 0 saturated carbocycles. The molecule has 2 rings (SSSR count). The summed E-state index contributed by atoms with van der Waals surface area (Å²) in [6.07, 6.45) is 0. The number of nitrogens with zero attached hydrogens (tertiary/aromatic N) is 4. The van der Waals surface area contributed by atoms with E-state index in [0.29, 0.717) is 16.4 Å². The molecule has 90 valence electrons. The van der Waals surface area contributed by atoms with E-state index in [9.17, 15) is 0 Å². The van der Waals surface area contributed by atoms with Crippen LogP contribution in [-0.2, 0) is 5.41 Å². The summed E-state index contributed by atoms with van der Waals surface area (Å²) in [5, 5.41) is 12.3. The van der Waals surface area contributed by atoms with Crippen molar-refractivity contribution in [2.24, 2.45) is 0 Å². The van der Waals surface area contributed by atoms with Crippen LogP contribution in [0.1, 0.15) is 26.6 Å². The van der Waals surface area contributed by atoms with Crippen LogP contribution in [0.5, 0.6) is 0 Å². The van der Waals surface area contributed by atoms with Gasteiger partial charge >= 0.3 is 0 Å². The van der Waals surface area contributed by atoms with Crippen LogP contribution in [0.15, 0.2) is 18.2 Å². The van der Waals surface area contributed by atoms with Gasteiger partial charge < -0.3 is 5.73 Å². The van der Waals surface area contributed by atoms with Crippen molar-refractivity contribution in [3.8, 4) is 5.69 Å². The second-order valence-corrected chi connectivity index (χ2v) is 5.28. The molecule has 0 bridgehead atoms. The number of nitrogen functional groups attached to an aromatic ring is 1. The Bertz CT molecular complexity index is 541. The maximum atomic E-state index is 6.14. The summed E-state index contributed by atoms with van der Waals surface area (Å²) in [6.45, 7) is 6.11. The van der Waals surface area contributed by atoms with Gasteiger partial charge in [0.05, 0.1) is 10.7 Å². The van der Waals surface area contributed by atoms with Gasteiger partial charge in [0.25, 0.3) is 0 Å². The van der Waals surface area contributed by atoms with Crippen LogP contribution < -0.4 is 5.73 Å². The molecule has 0 amide bonds. The molecule has 0 aliphatic heterocycles. The Morgan fingerprint density at radius 2 is 2.00 bits per heavy atom. The third-order valence-electron chi connectivity index (χ3n) is 2.34. The Hall–Kier alpha value is -1.62. The molecule has 17 heavy (non-hydrogen) atoms. The van der Waals surface area contributed by atoms with Gasteiger partial charge in [-0.25, -0.2) is 0 Å². The van der Waals surface area contributed by atoms with Gasteiger partial charge in [-0.1, -0.05) is 32.4 Å². The average molecular weight is 252 g/mol. The maximum absolute atomic E-state index is 6.14. The molecule has 1 aromatic heterocycles. The van der Waals surface area contributed by atoms with Crippen LogP contribution in [0.2, 0.25) is 5.02 Å². The van der Waals surface area contributed by atoms with E-state index in [1.807, 2.05) is 20.8 Å². The summed E-state index contributed by atoms with van der Waals surface area (Å²) in [7, 11) is 0. The number of tetrazole rings is 1. The highest BCUT2D eigenvalue weighted by atomic mass is 35.5.